The normalized spacial score (nSPS) is 24.6. The Kier molecular flexibility index (Phi) is 5.02. The Bertz CT molecular complexity index is 550. The smallest absolute Gasteiger partial charge is 0.337 e. The second-order valence-corrected chi connectivity index (χ2v) is 5.76. The molecule has 2 bridgehead atoms. The monoisotopic (exact) mass is 334 g/mol. The molecule has 0 radical (unpaired) electrons. The van der Waals surface area contributed by atoms with E-state index in [2.05, 4.69) is 5.32 Å². The van der Waals surface area contributed by atoms with Gasteiger partial charge in [-0.3, -0.25) is 4.79 Å². The standard InChI is InChI=1S/C15H17F3N2O.ClH/c16-15(17,18)11-3-1-2-10(8-11)14(21)20-7-6-12-4-5-13(9-20)19-12;/h1-3,8,12-13,19H,4-7,9H2;1H. The summed E-state index contributed by atoms with van der Waals surface area (Å²) in [6.07, 6.45) is -1.41. The van der Waals surface area contributed by atoms with Crippen molar-refractivity contribution in [2.24, 2.45) is 0 Å². The van der Waals surface area contributed by atoms with Gasteiger partial charge in [-0.1, -0.05) is 6.07 Å². The molecule has 7 heteroatoms. The molecule has 2 aliphatic rings. The lowest BCUT2D eigenvalue weighted by Crippen LogP contribution is -2.39. The van der Waals surface area contributed by atoms with Crippen LogP contribution in [0.2, 0.25) is 0 Å². The molecule has 2 saturated heterocycles. The summed E-state index contributed by atoms with van der Waals surface area (Å²) in [6.45, 7) is 1.18. The molecule has 1 aromatic carbocycles. The molecule has 0 spiro atoms. The van der Waals surface area contributed by atoms with Crippen molar-refractivity contribution in [2.45, 2.75) is 37.5 Å². The number of rotatable bonds is 1. The summed E-state index contributed by atoms with van der Waals surface area (Å²) in [7, 11) is 0. The Balaban J connectivity index is 0.00000176. The number of benzene rings is 1. The number of likely N-dealkylation sites (tertiary alicyclic amines) is 1. The van der Waals surface area contributed by atoms with Crippen LogP contribution in [0.15, 0.2) is 24.3 Å². The van der Waals surface area contributed by atoms with Crippen LogP contribution in [0.1, 0.15) is 35.2 Å². The Morgan fingerprint density at radius 1 is 1.18 bits per heavy atom. The first-order valence-electron chi connectivity index (χ1n) is 7.16. The molecule has 3 nitrogen and oxygen atoms in total. The first-order chi connectivity index (χ1) is 9.93. The summed E-state index contributed by atoms with van der Waals surface area (Å²) < 4.78 is 38.2. The second-order valence-electron chi connectivity index (χ2n) is 5.76. The van der Waals surface area contributed by atoms with E-state index in [-0.39, 0.29) is 29.9 Å². The fraction of sp³-hybridized carbons (Fsp3) is 0.533. The van der Waals surface area contributed by atoms with E-state index in [1.165, 1.54) is 12.1 Å². The number of nitrogens with one attached hydrogen (secondary N) is 1. The molecule has 1 N–H and O–H groups in total. The predicted octanol–water partition coefficient (Wildman–Crippen LogP) is 3.09. The van der Waals surface area contributed by atoms with Gasteiger partial charge >= 0.3 is 6.18 Å². The average Bonchev–Trinajstić information content (AvgIpc) is 2.77. The van der Waals surface area contributed by atoms with Gasteiger partial charge < -0.3 is 10.2 Å². The van der Waals surface area contributed by atoms with Crippen LogP contribution in [0.4, 0.5) is 13.2 Å². The molecule has 2 aliphatic heterocycles. The number of nitrogens with zero attached hydrogens (tertiary/aromatic N) is 1. The molecular weight excluding hydrogens is 317 g/mol. The van der Waals surface area contributed by atoms with Crippen molar-refractivity contribution in [3.05, 3.63) is 35.4 Å². The lowest BCUT2D eigenvalue weighted by Gasteiger charge is -2.24. The van der Waals surface area contributed by atoms with E-state index < -0.39 is 11.7 Å². The van der Waals surface area contributed by atoms with Gasteiger partial charge in [0.15, 0.2) is 0 Å². The lowest BCUT2D eigenvalue weighted by atomic mass is 10.1. The van der Waals surface area contributed by atoms with Crippen LogP contribution in [0.3, 0.4) is 0 Å². The van der Waals surface area contributed by atoms with Gasteiger partial charge in [-0.25, -0.2) is 0 Å². The molecule has 1 amide bonds. The highest BCUT2D eigenvalue weighted by Crippen LogP contribution is 2.30. The fourth-order valence-electron chi connectivity index (χ4n) is 3.14. The van der Waals surface area contributed by atoms with Gasteiger partial charge in [-0.05, 0) is 37.5 Å². The highest BCUT2D eigenvalue weighted by molar-refractivity contribution is 5.94. The Morgan fingerprint density at radius 2 is 1.91 bits per heavy atom. The van der Waals surface area contributed by atoms with E-state index in [4.69, 9.17) is 0 Å². The molecule has 0 aliphatic carbocycles. The van der Waals surface area contributed by atoms with Gasteiger partial charge in [0.1, 0.15) is 0 Å². The van der Waals surface area contributed by atoms with E-state index in [1.807, 2.05) is 0 Å². The van der Waals surface area contributed by atoms with Gasteiger partial charge in [0.05, 0.1) is 5.56 Å². The lowest BCUT2D eigenvalue weighted by molar-refractivity contribution is -0.137. The minimum absolute atomic E-state index is 0. The van der Waals surface area contributed by atoms with Crippen molar-refractivity contribution in [2.75, 3.05) is 13.1 Å². The maximum atomic E-state index is 12.7. The molecule has 22 heavy (non-hydrogen) atoms. The molecule has 0 saturated carbocycles. The highest BCUT2D eigenvalue weighted by atomic mass is 35.5. The quantitative estimate of drug-likeness (QED) is 0.856. The van der Waals surface area contributed by atoms with Crippen LogP contribution < -0.4 is 5.32 Å². The van der Waals surface area contributed by atoms with E-state index in [0.717, 1.165) is 31.4 Å². The number of amides is 1. The minimum Gasteiger partial charge on any atom is -0.337 e. The summed E-state index contributed by atoms with van der Waals surface area (Å²) >= 11 is 0. The Hall–Kier alpha value is -1.27. The molecule has 122 valence electrons. The average molecular weight is 335 g/mol. The van der Waals surface area contributed by atoms with Crippen molar-refractivity contribution in [3.8, 4) is 0 Å². The largest absolute Gasteiger partial charge is 0.416 e. The molecule has 2 fully saturated rings. The van der Waals surface area contributed by atoms with Crippen LogP contribution >= 0.6 is 12.4 Å². The van der Waals surface area contributed by atoms with Crippen molar-refractivity contribution in [1.29, 1.82) is 0 Å². The van der Waals surface area contributed by atoms with Gasteiger partial charge in [-0.2, -0.15) is 13.2 Å². The maximum absolute atomic E-state index is 12.7. The fourth-order valence-corrected chi connectivity index (χ4v) is 3.14. The molecule has 3 rings (SSSR count). The minimum atomic E-state index is -4.42. The van der Waals surface area contributed by atoms with E-state index in [0.29, 0.717) is 19.1 Å². The Morgan fingerprint density at radius 3 is 2.64 bits per heavy atom. The first kappa shape index (κ1) is 17.1. The number of hydrogen-bond acceptors (Lipinski definition) is 2. The molecule has 1 aromatic rings. The third kappa shape index (κ3) is 3.55. The Labute approximate surface area is 133 Å². The van der Waals surface area contributed by atoms with Gasteiger partial charge in [0, 0.05) is 30.7 Å². The molecule has 2 atom stereocenters. The number of hydrogen-bond donors (Lipinski definition) is 1. The summed E-state index contributed by atoms with van der Waals surface area (Å²) in [4.78, 5) is 14.1. The van der Waals surface area contributed by atoms with E-state index in [9.17, 15) is 18.0 Å². The van der Waals surface area contributed by atoms with Crippen LogP contribution in [-0.4, -0.2) is 36.0 Å². The van der Waals surface area contributed by atoms with Crippen LogP contribution in [0.25, 0.3) is 0 Å². The zero-order valence-corrected chi connectivity index (χ0v) is 12.7. The first-order valence-corrected chi connectivity index (χ1v) is 7.16. The van der Waals surface area contributed by atoms with Crippen molar-refractivity contribution < 1.29 is 18.0 Å². The third-order valence-electron chi connectivity index (χ3n) is 4.25. The van der Waals surface area contributed by atoms with Gasteiger partial charge in [0.2, 0.25) is 0 Å². The topological polar surface area (TPSA) is 32.3 Å². The molecular formula is C15H18ClF3N2O. The van der Waals surface area contributed by atoms with Crippen molar-refractivity contribution in [1.82, 2.24) is 10.2 Å². The molecule has 0 aromatic heterocycles. The van der Waals surface area contributed by atoms with Crippen LogP contribution in [-0.2, 0) is 6.18 Å². The maximum Gasteiger partial charge on any atom is 0.416 e. The zero-order valence-electron chi connectivity index (χ0n) is 11.9. The summed E-state index contributed by atoms with van der Waals surface area (Å²) in [5.41, 5.74) is -0.662. The number of carbonyl (C=O) groups excluding carboxylic acids is 1. The van der Waals surface area contributed by atoms with Gasteiger partial charge in [-0.15, -0.1) is 12.4 Å². The molecule has 2 unspecified atom stereocenters. The van der Waals surface area contributed by atoms with Crippen molar-refractivity contribution in [3.63, 3.8) is 0 Å². The number of halogens is 4. The van der Waals surface area contributed by atoms with E-state index in [1.54, 1.807) is 4.90 Å². The van der Waals surface area contributed by atoms with Crippen LogP contribution in [0, 0.1) is 0 Å². The third-order valence-corrected chi connectivity index (χ3v) is 4.25. The summed E-state index contributed by atoms with van der Waals surface area (Å²) in [6, 6.07) is 5.38. The van der Waals surface area contributed by atoms with Crippen molar-refractivity contribution >= 4 is 18.3 Å². The van der Waals surface area contributed by atoms with E-state index >= 15 is 0 Å². The number of alkyl halides is 3. The second kappa shape index (κ2) is 6.46. The summed E-state index contributed by atoms with van der Waals surface area (Å²) in [5.74, 6) is -0.310. The summed E-state index contributed by atoms with van der Waals surface area (Å²) in [5, 5.41) is 3.45. The molecule has 2 heterocycles. The van der Waals surface area contributed by atoms with Crippen LogP contribution in [0.5, 0.6) is 0 Å². The zero-order chi connectivity index (χ0) is 15.0. The number of fused-ring (bicyclic) bond motifs is 2. The number of carbonyl (C=O) groups is 1. The predicted molar refractivity (Wildman–Crippen MR) is 79.2 cm³/mol. The van der Waals surface area contributed by atoms with Gasteiger partial charge in [0.25, 0.3) is 5.91 Å². The highest BCUT2D eigenvalue weighted by Gasteiger charge is 2.33. The SMILES string of the molecule is Cl.O=C(c1cccc(C(F)(F)F)c1)N1CCC2CCC(C1)N2.